The quantitative estimate of drug-likeness (QED) is 0.775. The van der Waals surface area contributed by atoms with Crippen LogP contribution in [-0.4, -0.2) is 6.26 Å². The Hall–Kier alpha value is -1.41. The fourth-order valence-corrected chi connectivity index (χ4v) is 1.87. The monoisotopic (exact) mass is 215 g/mol. The van der Waals surface area contributed by atoms with Crippen LogP contribution in [0.3, 0.4) is 0 Å². The van der Waals surface area contributed by atoms with E-state index < -0.39 is 0 Å². The summed E-state index contributed by atoms with van der Waals surface area (Å²) in [4.78, 5) is 0. The highest BCUT2D eigenvalue weighted by molar-refractivity contribution is 7.99. The van der Waals surface area contributed by atoms with E-state index >= 15 is 0 Å². The van der Waals surface area contributed by atoms with Crippen LogP contribution in [0.4, 0.5) is 5.69 Å². The highest BCUT2D eigenvalue weighted by atomic mass is 32.2. The van der Waals surface area contributed by atoms with Gasteiger partial charge in [0.15, 0.2) is 0 Å². The lowest BCUT2D eigenvalue weighted by Crippen LogP contribution is -1.85. The summed E-state index contributed by atoms with van der Waals surface area (Å²) in [6, 6.07) is 18.8. The maximum Gasteiger partial charge on any atom is 0.0446 e. The van der Waals surface area contributed by atoms with Gasteiger partial charge < -0.3 is 4.72 Å². The molecular formula is C13H13NS. The van der Waals surface area contributed by atoms with Gasteiger partial charge in [0.25, 0.3) is 0 Å². The zero-order chi connectivity index (χ0) is 10.5. The second-order valence-electron chi connectivity index (χ2n) is 3.25. The van der Waals surface area contributed by atoms with Crippen LogP contribution in [0.2, 0.25) is 0 Å². The summed E-state index contributed by atoms with van der Waals surface area (Å²) in [6.45, 7) is 0. The second kappa shape index (κ2) is 4.89. The van der Waals surface area contributed by atoms with Crippen molar-refractivity contribution >= 4 is 17.6 Å². The Bertz CT molecular complexity index is 426. The molecule has 0 saturated heterocycles. The van der Waals surface area contributed by atoms with Gasteiger partial charge in [-0.1, -0.05) is 54.4 Å². The van der Waals surface area contributed by atoms with Gasteiger partial charge in [-0.15, -0.1) is 0 Å². The lowest BCUT2D eigenvalue weighted by molar-refractivity contribution is 1.61. The largest absolute Gasteiger partial charge is 0.330 e. The molecule has 0 aliphatic rings. The molecule has 1 nitrogen and oxygen atoms in total. The van der Waals surface area contributed by atoms with Crippen molar-refractivity contribution in [3.63, 3.8) is 0 Å². The van der Waals surface area contributed by atoms with Crippen LogP contribution in [0.25, 0.3) is 11.1 Å². The van der Waals surface area contributed by atoms with E-state index in [1.165, 1.54) is 11.1 Å². The molecule has 76 valence electrons. The molecule has 0 aliphatic heterocycles. The van der Waals surface area contributed by atoms with E-state index in [4.69, 9.17) is 0 Å². The molecule has 0 aromatic heterocycles. The van der Waals surface area contributed by atoms with Crippen molar-refractivity contribution in [1.82, 2.24) is 0 Å². The SMILES string of the molecule is CSNc1cccc(-c2ccccc2)c1. The predicted octanol–water partition coefficient (Wildman–Crippen LogP) is 4.04. The summed E-state index contributed by atoms with van der Waals surface area (Å²) < 4.78 is 3.23. The molecular weight excluding hydrogens is 202 g/mol. The van der Waals surface area contributed by atoms with Crippen molar-refractivity contribution in [2.75, 3.05) is 11.0 Å². The molecule has 0 heterocycles. The van der Waals surface area contributed by atoms with Crippen LogP contribution in [0.1, 0.15) is 0 Å². The Morgan fingerprint density at radius 3 is 2.33 bits per heavy atom. The van der Waals surface area contributed by atoms with Crippen LogP contribution < -0.4 is 4.72 Å². The van der Waals surface area contributed by atoms with Crippen molar-refractivity contribution in [2.45, 2.75) is 0 Å². The van der Waals surface area contributed by atoms with Gasteiger partial charge in [0.2, 0.25) is 0 Å². The average Bonchev–Trinajstić information content (AvgIpc) is 2.31. The van der Waals surface area contributed by atoms with E-state index in [9.17, 15) is 0 Å². The van der Waals surface area contributed by atoms with Gasteiger partial charge in [0, 0.05) is 11.9 Å². The third kappa shape index (κ3) is 2.54. The van der Waals surface area contributed by atoms with Gasteiger partial charge >= 0.3 is 0 Å². The van der Waals surface area contributed by atoms with Crippen LogP contribution in [0, 0.1) is 0 Å². The fourth-order valence-electron chi connectivity index (χ4n) is 1.51. The highest BCUT2D eigenvalue weighted by Gasteiger charge is 1.97. The van der Waals surface area contributed by atoms with Crippen molar-refractivity contribution in [3.8, 4) is 11.1 Å². The van der Waals surface area contributed by atoms with Crippen LogP contribution in [0.15, 0.2) is 54.6 Å². The number of benzene rings is 2. The summed E-state index contributed by atoms with van der Waals surface area (Å²) in [5.74, 6) is 0. The lowest BCUT2D eigenvalue weighted by atomic mass is 10.1. The van der Waals surface area contributed by atoms with Crippen molar-refractivity contribution < 1.29 is 0 Å². The van der Waals surface area contributed by atoms with Crippen LogP contribution >= 0.6 is 11.9 Å². The second-order valence-corrected chi connectivity index (χ2v) is 3.87. The minimum atomic E-state index is 1.14. The number of hydrogen-bond acceptors (Lipinski definition) is 2. The number of anilines is 1. The molecule has 1 N–H and O–H groups in total. The highest BCUT2D eigenvalue weighted by Crippen LogP contribution is 2.23. The van der Waals surface area contributed by atoms with Gasteiger partial charge in [0.05, 0.1) is 0 Å². The Morgan fingerprint density at radius 2 is 1.60 bits per heavy atom. The van der Waals surface area contributed by atoms with Crippen molar-refractivity contribution in [1.29, 1.82) is 0 Å². The zero-order valence-electron chi connectivity index (χ0n) is 8.60. The van der Waals surface area contributed by atoms with Crippen LogP contribution in [0.5, 0.6) is 0 Å². The molecule has 2 aromatic rings. The van der Waals surface area contributed by atoms with Gasteiger partial charge in [-0.05, 0) is 23.3 Å². The normalized spacial score (nSPS) is 9.93. The molecule has 0 radical (unpaired) electrons. The first-order valence-electron chi connectivity index (χ1n) is 4.84. The van der Waals surface area contributed by atoms with Crippen molar-refractivity contribution in [3.05, 3.63) is 54.6 Å². The minimum Gasteiger partial charge on any atom is -0.330 e. The summed E-state index contributed by atoms with van der Waals surface area (Å²) in [7, 11) is 0. The average molecular weight is 215 g/mol. The molecule has 2 heteroatoms. The summed E-state index contributed by atoms with van der Waals surface area (Å²) in [5, 5.41) is 0. The van der Waals surface area contributed by atoms with Gasteiger partial charge in [-0.2, -0.15) is 0 Å². The van der Waals surface area contributed by atoms with E-state index in [0.717, 1.165) is 5.69 Å². The lowest BCUT2D eigenvalue weighted by Gasteiger charge is -2.05. The van der Waals surface area contributed by atoms with E-state index in [1.54, 1.807) is 11.9 Å². The maximum absolute atomic E-state index is 3.23. The third-order valence-corrected chi connectivity index (χ3v) is 2.63. The number of rotatable bonds is 3. The van der Waals surface area contributed by atoms with E-state index in [1.807, 2.05) is 12.3 Å². The zero-order valence-corrected chi connectivity index (χ0v) is 9.42. The van der Waals surface area contributed by atoms with Crippen LogP contribution in [-0.2, 0) is 0 Å². The smallest absolute Gasteiger partial charge is 0.0446 e. The first-order chi connectivity index (χ1) is 7.40. The Balaban J connectivity index is 2.33. The molecule has 0 spiro atoms. The molecule has 0 aliphatic carbocycles. The molecule has 0 saturated carbocycles. The molecule has 2 aromatic carbocycles. The Morgan fingerprint density at radius 1 is 0.867 bits per heavy atom. The predicted molar refractivity (Wildman–Crippen MR) is 69.0 cm³/mol. The minimum absolute atomic E-state index is 1.14. The Kier molecular flexibility index (Phi) is 3.30. The first kappa shape index (κ1) is 10.1. The maximum atomic E-state index is 3.23. The molecule has 0 atom stereocenters. The summed E-state index contributed by atoms with van der Waals surface area (Å²) in [5.41, 5.74) is 3.64. The topological polar surface area (TPSA) is 12.0 Å². The van der Waals surface area contributed by atoms with Gasteiger partial charge in [0.1, 0.15) is 0 Å². The fraction of sp³-hybridized carbons (Fsp3) is 0.0769. The third-order valence-electron chi connectivity index (χ3n) is 2.19. The number of hydrogen-bond donors (Lipinski definition) is 1. The summed E-state index contributed by atoms with van der Waals surface area (Å²) in [6.07, 6.45) is 2.02. The number of nitrogens with one attached hydrogen (secondary N) is 1. The van der Waals surface area contributed by atoms with Gasteiger partial charge in [-0.3, -0.25) is 0 Å². The van der Waals surface area contributed by atoms with Gasteiger partial charge in [-0.25, -0.2) is 0 Å². The summed E-state index contributed by atoms with van der Waals surface area (Å²) >= 11 is 1.61. The van der Waals surface area contributed by atoms with Crippen molar-refractivity contribution in [2.24, 2.45) is 0 Å². The van der Waals surface area contributed by atoms with E-state index in [0.29, 0.717) is 0 Å². The molecule has 0 unspecified atom stereocenters. The standard InChI is InChI=1S/C13H13NS/c1-15-14-13-9-5-8-12(10-13)11-6-3-2-4-7-11/h2-10,14H,1H3. The van der Waals surface area contributed by atoms with E-state index in [2.05, 4.69) is 53.3 Å². The Labute approximate surface area is 94.7 Å². The molecule has 0 amide bonds. The van der Waals surface area contributed by atoms with E-state index in [-0.39, 0.29) is 0 Å². The first-order valence-corrected chi connectivity index (χ1v) is 6.07. The molecule has 0 fully saturated rings. The molecule has 15 heavy (non-hydrogen) atoms. The molecule has 2 rings (SSSR count). The molecule has 0 bridgehead atoms.